The van der Waals surface area contributed by atoms with E-state index in [1.165, 1.54) is 18.5 Å². The van der Waals surface area contributed by atoms with Crippen LogP contribution in [-0.2, 0) is 10.3 Å². The van der Waals surface area contributed by atoms with Gasteiger partial charge in [0.05, 0.1) is 17.3 Å². The molecule has 3 heterocycles. The van der Waals surface area contributed by atoms with Crippen LogP contribution in [0.5, 0.6) is 5.88 Å². The molecule has 36 heavy (non-hydrogen) atoms. The number of carbonyl (C=O) groups excluding carboxylic acids is 1. The molecule has 5 N–H and O–H groups in total. The Hall–Kier alpha value is -3.98. The number of aliphatic imine (C=N–C) groups is 1. The number of nitrogens with zero attached hydrogens (tertiary/aromatic N) is 4. The molecule has 2 aliphatic rings. The number of fused-ring (bicyclic) bond motifs is 2. The molecule has 0 radical (unpaired) electrons. The van der Waals surface area contributed by atoms with Gasteiger partial charge in [0.1, 0.15) is 10.3 Å². The number of carbonyl (C=O) groups is 1. The van der Waals surface area contributed by atoms with E-state index in [0.29, 0.717) is 11.0 Å². The molecular formula is C24H21F2N7O2S. The van der Waals surface area contributed by atoms with Crippen LogP contribution in [0, 0.1) is 35.8 Å². The monoisotopic (exact) mass is 509 g/mol. The van der Waals surface area contributed by atoms with Crippen LogP contribution in [0.4, 0.5) is 20.3 Å². The molecule has 1 amide bonds. The van der Waals surface area contributed by atoms with E-state index >= 15 is 4.39 Å². The van der Waals surface area contributed by atoms with Crippen molar-refractivity contribution in [1.82, 2.24) is 15.0 Å². The molecule has 2 unspecified atom stereocenters. The van der Waals surface area contributed by atoms with Crippen molar-refractivity contribution in [2.24, 2.45) is 28.3 Å². The number of terminal acetylenes is 1. The molecule has 12 heteroatoms. The van der Waals surface area contributed by atoms with E-state index < -0.39 is 33.7 Å². The van der Waals surface area contributed by atoms with E-state index in [4.69, 9.17) is 22.6 Å². The highest BCUT2D eigenvalue weighted by molar-refractivity contribution is 8.15. The maximum Gasteiger partial charge on any atom is 0.234 e. The van der Waals surface area contributed by atoms with Gasteiger partial charge in [0.25, 0.3) is 0 Å². The lowest BCUT2D eigenvalue weighted by Gasteiger charge is -2.33. The van der Waals surface area contributed by atoms with Crippen molar-refractivity contribution in [3.8, 4) is 18.2 Å². The molecule has 5 rings (SSSR count). The standard InChI is InChI=1S/C24H21F2N7O2S/c1-4-7-35-16-10-30-18-15(32-16)5-6-29-20(18)31-12-8-13(17(26)14(25)9-12)23(3)19-11(2)24(19,21(27)34)36-22(28)33-23/h1,5-6,8-11,19H,7H2,2-3H3,(H2,27,34)(H2,28,33)(H,29,31)/t11?,19?,23-,24+/m1/s1. The molecule has 2 aromatic heterocycles. The van der Waals surface area contributed by atoms with E-state index in [1.807, 2.05) is 6.92 Å². The number of halogens is 2. The molecule has 1 saturated carbocycles. The zero-order chi connectivity index (χ0) is 25.8. The topological polar surface area (TPSA) is 141 Å². The Morgan fingerprint density at radius 1 is 1.36 bits per heavy atom. The zero-order valence-electron chi connectivity index (χ0n) is 19.3. The Morgan fingerprint density at radius 3 is 2.86 bits per heavy atom. The van der Waals surface area contributed by atoms with Crippen LogP contribution in [0.25, 0.3) is 11.0 Å². The second-order valence-electron chi connectivity index (χ2n) is 8.80. The van der Waals surface area contributed by atoms with Crippen LogP contribution in [0.15, 0.2) is 35.6 Å². The van der Waals surface area contributed by atoms with Crippen LogP contribution < -0.4 is 21.5 Å². The average Bonchev–Trinajstić information content (AvgIpc) is 3.45. The van der Waals surface area contributed by atoms with Crippen LogP contribution in [0.3, 0.4) is 0 Å². The van der Waals surface area contributed by atoms with Crippen molar-refractivity contribution in [1.29, 1.82) is 0 Å². The molecule has 0 bridgehead atoms. The summed E-state index contributed by atoms with van der Waals surface area (Å²) in [5.74, 6) is -0.596. The molecule has 1 aliphatic carbocycles. The zero-order valence-corrected chi connectivity index (χ0v) is 20.1. The molecule has 3 aromatic rings. The van der Waals surface area contributed by atoms with Gasteiger partial charge >= 0.3 is 0 Å². The first kappa shape index (κ1) is 23.7. The van der Waals surface area contributed by atoms with Crippen molar-refractivity contribution in [2.45, 2.75) is 24.1 Å². The highest BCUT2D eigenvalue weighted by Crippen LogP contribution is 2.69. The number of nitrogens with one attached hydrogen (secondary N) is 1. The van der Waals surface area contributed by atoms with E-state index in [1.54, 1.807) is 13.0 Å². The molecule has 4 atom stereocenters. The summed E-state index contributed by atoms with van der Waals surface area (Å²) in [5, 5.41) is 3.07. The summed E-state index contributed by atoms with van der Waals surface area (Å²) in [4.78, 5) is 29.7. The average molecular weight is 510 g/mol. The fourth-order valence-electron chi connectivity index (χ4n) is 5.11. The minimum atomic E-state index is -1.32. The first-order valence-electron chi connectivity index (χ1n) is 10.9. The van der Waals surface area contributed by atoms with Gasteiger partial charge in [-0.25, -0.2) is 23.7 Å². The summed E-state index contributed by atoms with van der Waals surface area (Å²) in [5.41, 5.74) is 11.4. The predicted octanol–water partition coefficient (Wildman–Crippen LogP) is 2.83. The lowest BCUT2D eigenvalue weighted by atomic mass is 9.84. The minimum Gasteiger partial charge on any atom is -0.463 e. The SMILES string of the molecule is C#CCOc1cnc2c(Nc3cc(F)c(F)c([C@@]4(C)N=C(N)S[C@@]5(C(N)=O)C(C)C54)c3)nccc2n1. The summed E-state index contributed by atoms with van der Waals surface area (Å²) in [6, 6.07) is 4.06. The first-order valence-corrected chi connectivity index (χ1v) is 11.7. The number of rotatable bonds is 6. The molecule has 9 nitrogen and oxygen atoms in total. The Morgan fingerprint density at radius 2 is 2.14 bits per heavy atom. The molecule has 184 valence electrons. The Balaban J connectivity index is 1.55. The number of amides is 1. The van der Waals surface area contributed by atoms with Gasteiger partial charge in [0.15, 0.2) is 29.2 Å². The quantitative estimate of drug-likeness (QED) is 0.431. The number of thioether (sulfide) groups is 1. The van der Waals surface area contributed by atoms with Crippen molar-refractivity contribution < 1.29 is 18.3 Å². The van der Waals surface area contributed by atoms with Gasteiger partial charge in [0, 0.05) is 29.4 Å². The Labute approximate surface area is 209 Å². The maximum absolute atomic E-state index is 15.2. The summed E-state index contributed by atoms with van der Waals surface area (Å²) in [7, 11) is 0. The van der Waals surface area contributed by atoms with Crippen LogP contribution >= 0.6 is 11.8 Å². The third-order valence-electron chi connectivity index (χ3n) is 6.71. The molecule has 0 saturated heterocycles. The summed E-state index contributed by atoms with van der Waals surface area (Å²) in [6.45, 7) is 3.49. The third kappa shape index (κ3) is 3.50. The van der Waals surface area contributed by atoms with Crippen molar-refractivity contribution in [3.05, 3.63) is 47.8 Å². The van der Waals surface area contributed by atoms with E-state index in [9.17, 15) is 9.18 Å². The smallest absolute Gasteiger partial charge is 0.234 e. The van der Waals surface area contributed by atoms with Crippen molar-refractivity contribution >= 4 is 45.4 Å². The van der Waals surface area contributed by atoms with Gasteiger partial charge in [-0.3, -0.25) is 9.79 Å². The van der Waals surface area contributed by atoms with Gasteiger partial charge in [-0.15, -0.1) is 6.42 Å². The number of hydrogen-bond acceptors (Lipinski definition) is 9. The number of nitrogens with two attached hydrogens (primary N) is 2. The predicted molar refractivity (Wildman–Crippen MR) is 132 cm³/mol. The number of amidine groups is 1. The number of anilines is 2. The lowest BCUT2D eigenvalue weighted by Crippen LogP contribution is -2.42. The lowest BCUT2D eigenvalue weighted by molar-refractivity contribution is -0.118. The Bertz CT molecular complexity index is 1490. The largest absolute Gasteiger partial charge is 0.463 e. The summed E-state index contributed by atoms with van der Waals surface area (Å²) >= 11 is 1.08. The molecular weight excluding hydrogens is 488 g/mol. The molecule has 1 aromatic carbocycles. The highest BCUT2D eigenvalue weighted by atomic mass is 32.2. The summed E-state index contributed by atoms with van der Waals surface area (Å²) < 4.78 is 34.4. The maximum atomic E-state index is 15.2. The third-order valence-corrected chi connectivity index (χ3v) is 8.18. The summed E-state index contributed by atoms with van der Waals surface area (Å²) in [6.07, 6.45) is 8.08. The number of aromatic nitrogens is 3. The highest BCUT2D eigenvalue weighted by Gasteiger charge is 2.75. The molecule has 1 aliphatic heterocycles. The van der Waals surface area contributed by atoms with Crippen LogP contribution in [0.2, 0.25) is 0 Å². The van der Waals surface area contributed by atoms with Gasteiger partial charge in [0.2, 0.25) is 11.8 Å². The first-order chi connectivity index (χ1) is 17.1. The fourth-order valence-corrected chi connectivity index (χ4v) is 6.61. The number of primary amides is 1. The van der Waals surface area contributed by atoms with Gasteiger partial charge < -0.3 is 21.5 Å². The van der Waals surface area contributed by atoms with Crippen LogP contribution in [0.1, 0.15) is 19.4 Å². The minimum absolute atomic E-state index is 0.0366. The van der Waals surface area contributed by atoms with Gasteiger partial charge in [-0.05, 0) is 25.0 Å². The fraction of sp³-hybridized carbons (Fsp3) is 0.292. The van der Waals surface area contributed by atoms with E-state index in [-0.39, 0.29) is 40.6 Å². The van der Waals surface area contributed by atoms with Gasteiger partial charge in [-0.2, -0.15) is 0 Å². The molecule has 0 spiro atoms. The van der Waals surface area contributed by atoms with Crippen molar-refractivity contribution in [2.75, 3.05) is 11.9 Å². The second kappa shape index (κ2) is 8.30. The van der Waals surface area contributed by atoms with E-state index in [2.05, 4.69) is 31.2 Å². The number of pyridine rings is 1. The van der Waals surface area contributed by atoms with E-state index in [0.717, 1.165) is 17.8 Å². The normalized spacial score (nSPS) is 26.5. The number of hydrogen-bond donors (Lipinski definition) is 3. The van der Waals surface area contributed by atoms with Gasteiger partial charge in [-0.1, -0.05) is 24.6 Å². The van der Waals surface area contributed by atoms with Crippen molar-refractivity contribution in [3.63, 3.8) is 0 Å². The number of ether oxygens (including phenoxy) is 1. The molecule has 1 fully saturated rings. The van der Waals surface area contributed by atoms with Crippen LogP contribution in [-0.4, -0.2) is 37.4 Å². The second-order valence-corrected chi connectivity index (χ2v) is 10.1. The Kier molecular flexibility index (Phi) is 5.48. The number of benzene rings is 1.